The van der Waals surface area contributed by atoms with E-state index >= 15 is 0 Å². The van der Waals surface area contributed by atoms with E-state index in [2.05, 4.69) is 9.71 Å². The minimum absolute atomic E-state index is 0.109. The van der Waals surface area contributed by atoms with Gasteiger partial charge in [0, 0.05) is 17.9 Å². The third-order valence-electron chi connectivity index (χ3n) is 4.00. The number of nitrogens with zero attached hydrogens (tertiary/aromatic N) is 1. The fourth-order valence-corrected chi connectivity index (χ4v) is 5.00. The summed E-state index contributed by atoms with van der Waals surface area (Å²) < 4.78 is 32.5. The van der Waals surface area contributed by atoms with Crippen molar-refractivity contribution in [1.82, 2.24) is 9.71 Å². The molecule has 5 nitrogen and oxygen atoms in total. The maximum atomic E-state index is 12.1. The van der Waals surface area contributed by atoms with Crippen molar-refractivity contribution >= 4 is 21.4 Å². The molecule has 0 radical (unpaired) electrons. The zero-order chi connectivity index (χ0) is 14.9. The molecule has 21 heavy (non-hydrogen) atoms. The van der Waals surface area contributed by atoms with Crippen LogP contribution in [0.4, 0.5) is 0 Å². The fourth-order valence-electron chi connectivity index (χ4n) is 2.56. The lowest BCUT2D eigenvalue weighted by Crippen LogP contribution is -2.30. The first-order chi connectivity index (χ1) is 10.0. The molecule has 1 saturated carbocycles. The standard InChI is InChI=1S/C14H22N2O3S2/c1-10(13-9-20-14(15-13)11-4-5-11)16-21(17,18)8-6-12-3-2-7-19-12/h9-12,16H,2-8H2,1H3/t10-,12+/m1/s1. The summed E-state index contributed by atoms with van der Waals surface area (Å²) in [5.74, 6) is 0.744. The number of hydrogen-bond donors (Lipinski definition) is 1. The first-order valence-electron chi connectivity index (χ1n) is 7.60. The Balaban J connectivity index is 1.52. The quantitative estimate of drug-likeness (QED) is 0.834. The van der Waals surface area contributed by atoms with Crippen LogP contribution in [0.2, 0.25) is 0 Å². The van der Waals surface area contributed by atoms with Crippen molar-refractivity contribution in [2.24, 2.45) is 0 Å². The molecule has 0 spiro atoms. The smallest absolute Gasteiger partial charge is 0.212 e. The number of thiazole rings is 1. The third kappa shape index (κ3) is 4.25. The van der Waals surface area contributed by atoms with Crippen LogP contribution in [-0.4, -0.2) is 31.9 Å². The van der Waals surface area contributed by atoms with Gasteiger partial charge in [-0.25, -0.2) is 18.1 Å². The Kier molecular flexibility index (Phi) is 4.63. The van der Waals surface area contributed by atoms with E-state index in [1.807, 2.05) is 12.3 Å². The molecular weight excluding hydrogens is 308 g/mol. The number of nitrogens with one attached hydrogen (secondary N) is 1. The molecule has 2 aliphatic rings. The average molecular weight is 330 g/mol. The Hall–Kier alpha value is -0.500. The van der Waals surface area contributed by atoms with Crippen LogP contribution in [0.15, 0.2) is 5.38 Å². The van der Waals surface area contributed by atoms with Crippen molar-refractivity contribution in [2.75, 3.05) is 12.4 Å². The highest BCUT2D eigenvalue weighted by atomic mass is 32.2. The zero-order valence-corrected chi connectivity index (χ0v) is 13.9. The summed E-state index contributed by atoms with van der Waals surface area (Å²) in [5, 5.41) is 3.12. The van der Waals surface area contributed by atoms with Crippen molar-refractivity contribution in [3.05, 3.63) is 16.1 Å². The Morgan fingerprint density at radius 3 is 2.95 bits per heavy atom. The second-order valence-electron chi connectivity index (χ2n) is 5.97. The van der Waals surface area contributed by atoms with Crippen molar-refractivity contribution in [1.29, 1.82) is 0 Å². The van der Waals surface area contributed by atoms with E-state index in [1.54, 1.807) is 11.3 Å². The van der Waals surface area contributed by atoms with Crippen molar-refractivity contribution in [3.63, 3.8) is 0 Å². The lowest BCUT2D eigenvalue weighted by atomic mass is 10.2. The van der Waals surface area contributed by atoms with Crippen molar-refractivity contribution in [3.8, 4) is 0 Å². The number of ether oxygens (including phenoxy) is 1. The minimum atomic E-state index is -3.28. The maximum absolute atomic E-state index is 12.1. The number of rotatable bonds is 7. The largest absolute Gasteiger partial charge is 0.378 e. The second kappa shape index (κ2) is 6.32. The lowest BCUT2D eigenvalue weighted by Gasteiger charge is -2.14. The van der Waals surface area contributed by atoms with E-state index in [4.69, 9.17) is 4.74 Å². The molecule has 2 atom stereocenters. The van der Waals surface area contributed by atoms with Gasteiger partial charge in [-0.1, -0.05) is 0 Å². The topological polar surface area (TPSA) is 68.3 Å². The lowest BCUT2D eigenvalue weighted by molar-refractivity contribution is 0.108. The molecule has 1 N–H and O–H groups in total. The van der Waals surface area contributed by atoms with Crippen LogP contribution < -0.4 is 4.72 Å². The predicted molar refractivity (Wildman–Crippen MR) is 83.0 cm³/mol. The molecule has 1 aliphatic heterocycles. The Morgan fingerprint density at radius 2 is 2.29 bits per heavy atom. The van der Waals surface area contributed by atoms with Crippen molar-refractivity contribution < 1.29 is 13.2 Å². The van der Waals surface area contributed by atoms with Crippen LogP contribution in [0.1, 0.15) is 61.7 Å². The van der Waals surface area contributed by atoms with Crippen LogP contribution in [-0.2, 0) is 14.8 Å². The summed E-state index contributed by atoms with van der Waals surface area (Å²) in [5.41, 5.74) is 0.836. The van der Waals surface area contributed by atoms with E-state index in [1.165, 1.54) is 12.8 Å². The zero-order valence-electron chi connectivity index (χ0n) is 12.2. The summed E-state index contributed by atoms with van der Waals surface area (Å²) in [6, 6.07) is -0.261. The summed E-state index contributed by atoms with van der Waals surface area (Å²) >= 11 is 1.64. The molecule has 0 bridgehead atoms. The van der Waals surface area contributed by atoms with E-state index < -0.39 is 10.0 Å². The van der Waals surface area contributed by atoms with Crippen LogP contribution in [0.3, 0.4) is 0 Å². The van der Waals surface area contributed by atoms with Gasteiger partial charge in [-0.2, -0.15) is 0 Å². The number of hydrogen-bond acceptors (Lipinski definition) is 5. The second-order valence-corrected chi connectivity index (χ2v) is 8.73. The molecular formula is C14H22N2O3S2. The first-order valence-corrected chi connectivity index (χ1v) is 10.1. The van der Waals surface area contributed by atoms with E-state index in [0.717, 1.165) is 30.2 Å². The van der Waals surface area contributed by atoms with Gasteiger partial charge in [0.05, 0.1) is 28.6 Å². The Bertz CT molecular complexity index is 575. The van der Waals surface area contributed by atoms with Crippen LogP contribution in [0, 0.1) is 0 Å². The average Bonchev–Trinajstić information content (AvgIpc) is 2.96. The molecule has 118 valence electrons. The molecule has 2 fully saturated rings. The number of aromatic nitrogens is 1. The highest BCUT2D eigenvalue weighted by Crippen LogP contribution is 2.41. The van der Waals surface area contributed by atoms with Gasteiger partial charge in [0.15, 0.2) is 0 Å². The first kappa shape index (κ1) is 15.4. The molecule has 3 rings (SSSR count). The molecule has 1 aromatic rings. The Morgan fingerprint density at radius 1 is 1.48 bits per heavy atom. The summed E-state index contributed by atoms with van der Waals surface area (Å²) in [7, 11) is -3.28. The maximum Gasteiger partial charge on any atom is 0.212 e. The molecule has 1 aromatic heterocycles. The van der Waals surface area contributed by atoms with Gasteiger partial charge in [0.2, 0.25) is 10.0 Å². The normalized spacial score (nSPS) is 24.3. The summed E-state index contributed by atoms with van der Waals surface area (Å²) in [6.45, 7) is 2.62. The van der Waals surface area contributed by atoms with Gasteiger partial charge in [0.25, 0.3) is 0 Å². The monoisotopic (exact) mass is 330 g/mol. The molecule has 7 heteroatoms. The fraction of sp³-hybridized carbons (Fsp3) is 0.786. The summed E-state index contributed by atoms with van der Waals surface area (Å²) in [6.07, 6.45) is 5.13. The van der Waals surface area contributed by atoms with E-state index in [-0.39, 0.29) is 17.9 Å². The van der Waals surface area contributed by atoms with Crippen LogP contribution >= 0.6 is 11.3 Å². The molecule has 0 aromatic carbocycles. The van der Waals surface area contributed by atoms with Crippen molar-refractivity contribution in [2.45, 2.75) is 57.1 Å². The van der Waals surface area contributed by atoms with Crippen LogP contribution in [0.25, 0.3) is 0 Å². The van der Waals surface area contributed by atoms with Gasteiger partial charge >= 0.3 is 0 Å². The molecule has 0 unspecified atom stereocenters. The predicted octanol–water partition coefficient (Wildman–Crippen LogP) is 2.57. The molecule has 1 saturated heterocycles. The van der Waals surface area contributed by atoms with E-state index in [9.17, 15) is 8.42 Å². The third-order valence-corrected chi connectivity index (χ3v) is 6.51. The van der Waals surface area contributed by atoms with Gasteiger partial charge < -0.3 is 4.74 Å². The van der Waals surface area contributed by atoms with Gasteiger partial charge in [-0.15, -0.1) is 11.3 Å². The summed E-state index contributed by atoms with van der Waals surface area (Å²) in [4.78, 5) is 4.56. The SMILES string of the molecule is C[C@@H](NS(=O)(=O)CC[C@@H]1CCCO1)c1csc(C2CC2)n1. The van der Waals surface area contributed by atoms with E-state index in [0.29, 0.717) is 12.3 Å². The molecule has 1 aliphatic carbocycles. The molecule has 2 heterocycles. The highest BCUT2D eigenvalue weighted by Gasteiger charge is 2.28. The highest BCUT2D eigenvalue weighted by molar-refractivity contribution is 7.89. The Labute approximate surface area is 130 Å². The minimum Gasteiger partial charge on any atom is -0.378 e. The molecule has 0 amide bonds. The van der Waals surface area contributed by atoms with Crippen LogP contribution in [0.5, 0.6) is 0 Å². The number of sulfonamides is 1. The van der Waals surface area contributed by atoms with Gasteiger partial charge in [-0.3, -0.25) is 0 Å². The van der Waals surface area contributed by atoms with Gasteiger partial charge in [-0.05, 0) is 39.0 Å². The van der Waals surface area contributed by atoms with Gasteiger partial charge in [0.1, 0.15) is 0 Å².